The lowest BCUT2D eigenvalue weighted by molar-refractivity contribution is -0.109. The third kappa shape index (κ3) is 3.21. The molecule has 0 saturated heterocycles. The number of hydrogen-bond donors (Lipinski definition) is 2. The van der Waals surface area contributed by atoms with Gasteiger partial charge in [-0.05, 0) is 13.5 Å². The van der Waals surface area contributed by atoms with Crippen molar-refractivity contribution in [2.24, 2.45) is 11.7 Å². The Kier molecular flexibility index (Phi) is 4.26. The van der Waals surface area contributed by atoms with Gasteiger partial charge >= 0.3 is 0 Å². The number of nitrogens with two attached hydrogens (primary N) is 1. The summed E-state index contributed by atoms with van der Waals surface area (Å²) in [5.41, 5.74) is 5.24. The predicted molar refractivity (Wildman–Crippen MR) is 34.9 cm³/mol. The first kappa shape index (κ1) is 8.59. The second kappa shape index (κ2) is 4.47. The SMILES string of the molecule is C[C@@H](O)[C@@H](CN)CC=O. The third-order valence-corrected chi connectivity index (χ3v) is 1.38. The average molecular weight is 131 g/mol. The van der Waals surface area contributed by atoms with Crippen LogP contribution in [0.5, 0.6) is 0 Å². The van der Waals surface area contributed by atoms with Gasteiger partial charge in [-0.2, -0.15) is 0 Å². The highest BCUT2D eigenvalue weighted by atomic mass is 16.3. The van der Waals surface area contributed by atoms with Crippen molar-refractivity contribution < 1.29 is 9.90 Å². The van der Waals surface area contributed by atoms with E-state index in [0.29, 0.717) is 13.0 Å². The highest BCUT2D eigenvalue weighted by Crippen LogP contribution is 2.03. The van der Waals surface area contributed by atoms with Gasteiger partial charge in [-0.1, -0.05) is 0 Å². The van der Waals surface area contributed by atoms with E-state index in [2.05, 4.69) is 0 Å². The molecule has 0 aromatic heterocycles. The van der Waals surface area contributed by atoms with Gasteiger partial charge in [0.15, 0.2) is 0 Å². The maximum absolute atomic E-state index is 9.91. The summed E-state index contributed by atoms with van der Waals surface area (Å²) in [6.07, 6.45) is 0.665. The second-order valence-electron chi connectivity index (χ2n) is 2.14. The Bertz CT molecular complexity index is 83.1. The molecule has 0 aliphatic carbocycles. The zero-order valence-electron chi connectivity index (χ0n) is 5.58. The maximum atomic E-state index is 9.91. The minimum atomic E-state index is -0.472. The van der Waals surface area contributed by atoms with E-state index in [4.69, 9.17) is 10.8 Å². The number of aliphatic hydroxyl groups is 1. The lowest BCUT2D eigenvalue weighted by Crippen LogP contribution is -2.25. The Balaban J connectivity index is 3.53. The molecular formula is C6H13NO2. The van der Waals surface area contributed by atoms with E-state index in [1.807, 2.05) is 0 Å². The van der Waals surface area contributed by atoms with Gasteiger partial charge in [0, 0.05) is 12.3 Å². The molecule has 0 bridgehead atoms. The van der Waals surface area contributed by atoms with Crippen molar-refractivity contribution in [2.75, 3.05) is 6.54 Å². The highest BCUT2D eigenvalue weighted by Gasteiger charge is 2.10. The van der Waals surface area contributed by atoms with E-state index in [-0.39, 0.29) is 5.92 Å². The zero-order chi connectivity index (χ0) is 7.28. The topological polar surface area (TPSA) is 63.3 Å². The summed E-state index contributed by atoms with van der Waals surface area (Å²) in [7, 11) is 0. The van der Waals surface area contributed by atoms with Crippen molar-refractivity contribution in [3.8, 4) is 0 Å². The molecule has 0 aromatic carbocycles. The highest BCUT2D eigenvalue weighted by molar-refractivity contribution is 5.49. The van der Waals surface area contributed by atoms with Crippen LogP contribution >= 0.6 is 0 Å². The van der Waals surface area contributed by atoms with Gasteiger partial charge in [0.1, 0.15) is 6.29 Å². The fraction of sp³-hybridized carbons (Fsp3) is 0.833. The molecule has 0 fully saturated rings. The van der Waals surface area contributed by atoms with Crippen molar-refractivity contribution in [3.05, 3.63) is 0 Å². The third-order valence-electron chi connectivity index (χ3n) is 1.38. The Morgan fingerprint density at radius 3 is 2.44 bits per heavy atom. The Morgan fingerprint density at radius 1 is 1.78 bits per heavy atom. The maximum Gasteiger partial charge on any atom is 0.120 e. The van der Waals surface area contributed by atoms with Crippen LogP contribution in [0.4, 0.5) is 0 Å². The average Bonchev–Trinajstić information content (AvgIpc) is 1.82. The van der Waals surface area contributed by atoms with Crippen LogP contribution in [0.25, 0.3) is 0 Å². The van der Waals surface area contributed by atoms with Crippen LogP contribution in [0.15, 0.2) is 0 Å². The summed E-state index contributed by atoms with van der Waals surface area (Å²) >= 11 is 0. The van der Waals surface area contributed by atoms with E-state index in [1.54, 1.807) is 6.92 Å². The van der Waals surface area contributed by atoms with Gasteiger partial charge in [0.25, 0.3) is 0 Å². The van der Waals surface area contributed by atoms with Crippen molar-refractivity contribution in [2.45, 2.75) is 19.4 Å². The van der Waals surface area contributed by atoms with Gasteiger partial charge in [0.05, 0.1) is 6.10 Å². The summed E-state index contributed by atoms with van der Waals surface area (Å²) in [5.74, 6) is -0.0671. The van der Waals surface area contributed by atoms with Crippen LogP contribution in [0.2, 0.25) is 0 Å². The molecule has 0 radical (unpaired) electrons. The minimum absolute atomic E-state index is 0.0671. The summed E-state index contributed by atoms with van der Waals surface area (Å²) in [6.45, 7) is 2.01. The van der Waals surface area contributed by atoms with Crippen LogP contribution in [0, 0.1) is 5.92 Å². The van der Waals surface area contributed by atoms with Crippen molar-refractivity contribution >= 4 is 6.29 Å². The molecule has 3 N–H and O–H groups in total. The molecule has 0 rings (SSSR count). The smallest absolute Gasteiger partial charge is 0.120 e. The monoisotopic (exact) mass is 131 g/mol. The summed E-state index contributed by atoms with van der Waals surface area (Å²) in [6, 6.07) is 0. The summed E-state index contributed by atoms with van der Waals surface area (Å²) in [4.78, 5) is 9.91. The Morgan fingerprint density at radius 2 is 2.33 bits per heavy atom. The van der Waals surface area contributed by atoms with Gasteiger partial charge in [0.2, 0.25) is 0 Å². The molecule has 9 heavy (non-hydrogen) atoms. The molecule has 54 valence electrons. The molecule has 0 aromatic rings. The lowest BCUT2D eigenvalue weighted by atomic mass is 10.0. The Hall–Kier alpha value is -0.410. The number of carbonyl (C=O) groups excluding carboxylic acids is 1. The van der Waals surface area contributed by atoms with Crippen LogP contribution in [-0.4, -0.2) is 24.0 Å². The van der Waals surface area contributed by atoms with E-state index in [1.165, 1.54) is 0 Å². The number of aldehydes is 1. The molecular weight excluding hydrogens is 118 g/mol. The molecule has 0 heterocycles. The largest absolute Gasteiger partial charge is 0.393 e. The molecule has 0 aliphatic rings. The Labute approximate surface area is 54.9 Å². The normalized spacial score (nSPS) is 16.8. The fourth-order valence-electron chi connectivity index (χ4n) is 0.614. The molecule has 0 aliphatic heterocycles. The molecule has 3 heteroatoms. The summed E-state index contributed by atoms with van der Waals surface area (Å²) in [5, 5.41) is 8.90. The quantitative estimate of drug-likeness (QED) is 0.507. The molecule has 0 amide bonds. The first-order valence-corrected chi connectivity index (χ1v) is 3.04. The van der Waals surface area contributed by atoms with E-state index in [0.717, 1.165) is 6.29 Å². The fourth-order valence-corrected chi connectivity index (χ4v) is 0.614. The number of carbonyl (C=O) groups is 1. The zero-order valence-corrected chi connectivity index (χ0v) is 5.58. The number of rotatable bonds is 4. The minimum Gasteiger partial charge on any atom is -0.393 e. The van der Waals surface area contributed by atoms with Crippen LogP contribution < -0.4 is 5.73 Å². The van der Waals surface area contributed by atoms with Crippen LogP contribution in [0.1, 0.15) is 13.3 Å². The summed E-state index contributed by atoms with van der Waals surface area (Å²) < 4.78 is 0. The van der Waals surface area contributed by atoms with Gasteiger partial charge in [-0.25, -0.2) is 0 Å². The lowest BCUT2D eigenvalue weighted by Gasteiger charge is -2.13. The van der Waals surface area contributed by atoms with E-state index in [9.17, 15) is 4.79 Å². The first-order valence-electron chi connectivity index (χ1n) is 3.04. The van der Waals surface area contributed by atoms with Gasteiger partial charge < -0.3 is 15.6 Å². The van der Waals surface area contributed by atoms with Crippen molar-refractivity contribution in [1.29, 1.82) is 0 Å². The molecule has 0 spiro atoms. The molecule has 0 saturated carbocycles. The molecule has 2 atom stereocenters. The predicted octanol–water partition coefficient (Wildman–Crippen LogP) is -0.469. The van der Waals surface area contributed by atoms with Crippen molar-refractivity contribution in [3.63, 3.8) is 0 Å². The van der Waals surface area contributed by atoms with Crippen LogP contribution in [0.3, 0.4) is 0 Å². The first-order chi connectivity index (χ1) is 4.22. The van der Waals surface area contributed by atoms with Gasteiger partial charge in [-0.3, -0.25) is 0 Å². The molecule has 0 unspecified atom stereocenters. The van der Waals surface area contributed by atoms with Gasteiger partial charge in [-0.15, -0.1) is 0 Å². The number of aliphatic hydroxyl groups excluding tert-OH is 1. The van der Waals surface area contributed by atoms with E-state index < -0.39 is 6.10 Å². The second-order valence-corrected chi connectivity index (χ2v) is 2.14. The van der Waals surface area contributed by atoms with Crippen LogP contribution in [-0.2, 0) is 4.79 Å². The number of hydrogen-bond acceptors (Lipinski definition) is 3. The molecule has 3 nitrogen and oxygen atoms in total. The standard InChI is InChI=1S/C6H13NO2/c1-5(9)6(4-7)2-3-8/h3,5-6,9H,2,4,7H2,1H3/t5-,6-/m1/s1. The van der Waals surface area contributed by atoms with E-state index >= 15 is 0 Å². The van der Waals surface area contributed by atoms with Crippen molar-refractivity contribution in [1.82, 2.24) is 0 Å².